The van der Waals surface area contributed by atoms with Gasteiger partial charge < -0.3 is 20.5 Å². The largest absolute Gasteiger partial charge is 0.387 e. The molecule has 2 unspecified atom stereocenters. The number of nitrogens with one attached hydrogen (secondary N) is 2. The van der Waals surface area contributed by atoms with E-state index in [-0.39, 0.29) is 18.7 Å². The number of ether oxygens (including phenoxy) is 1. The maximum absolute atomic E-state index is 11.6. The van der Waals surface area contributed by atoms with Crippen molar-refractivity contribution < 1.29 is 14.6 Å². The minimum absolute atomic E-state index is 0.0682. The molecule has 1 saturated heterocycles. The second-order valence-electron chi connectivity index (χ2n) is 4.91. The van der Waals surface area contributed by atoms with E-state index in [0.717, 1.165) is 19.4 Å². The van der Waals surface area contributed by atoms with Crippen LogP contribution < -0.4 is 10.6 Å². The highest BCUT2D eigenvalue weighted by Crippen LogP contribution is 2.25. The molecule has 1 fully saturated rings. The Bertz CT molecular complexity index is 493. The van der Waals surface area contributed by atoms with Crippen molar-refractivity contribution >= 4 is 29.2 Å². The van der Waals surface area contributed by atoms with Gasteiger partial charge in [0.1, 0.15) is 0 Å². The maximum Gasteiger partial charge on any atom is 0.314 e. The Morgan fingerprint density at radius 2 is 2.24 bits per heavy atom. The molecule has 0 saturated carbocycles. The van der Waals surface area contributed by atoms with Crippen LogP contribution in [0.2, 0.25) is 10.0 Å². The third-order valence-electron chi connectivity index (χ3n) is 3.29. The van der Waals surface area contributed by atoms with Crippen molar-refractivity contribution in [3.8, 4) is 0 Å². The molecule has 7 heteroatoms. The molecule has 2 rings (SSSR count). The minimum Gasteiger partial charge on any atom is -0.387 e. The van der Waals surface area contributed by atoms with Gasteiger partial charge in [-0.1, -0.05) is 29.3 Å². The van der Waals surface area contributed by atoms with Gasteiger partial charge in [-0.3, -0.25) is 0 Å². The summed E-state index contributed by atoms with van der Waals surface area (Å²) in [6, 6.07) is 4.50. The number of hydrogen-bond donors (Lipinski definition) is 3. The van der Waals surface area contributed by atoms with Gasteiger partial charge in [0.25, 0.3) is 0 Å². The number of halogens is 2. The molecular formula is C14H18Cl2N2O3. The molecule has 1 aromatic carbocycles. The van der Waals surface area contributed by atoms with Crippen LogP contribution in [0.4, 0.5) is 4.79 Å². The van der Waals surface area contributed by atoms with Crippen molar-refractivity contribution in [2.24, 2.45) is 0 Å². The summed E-state index contributed by atoms with van der Waals surface area (Å²) in [4.78, 5) is 11.6. The molecule has 2 amide bonds. The van der Waals surface area contributed by atoms with Gasteiger partial charge in [-0.2, -0.15) is 0 Å². The Morgan fingerprint density at radius 1 is 1.43 bits per heavy atom. The first-order valence-electron chi connectivity index (χ1n) is 6.82. The molecule has 0 aromatic heterocycles. The summed E-state index contributed by atoms with van der Waals surface area (Å²) in [5.74, 6) is 0. The summed E-state index contributed by atoms with van der Waals surface area (Å²) >= 11 is 11.8. The summed E-state index contributed by atoms with van der Waals surface area (Å²) in [5.41, 5.74) is 0.528. The number of urea groups is 1. The lowest BCUT2D eigenvalue weighted by Gasteiger charge is -2.15. The van der Waals surface area contributed by atoms with E-state index in [0.29, 0.717) is 22.2 Å². The van der Waals surface area contributed by atoms with E-state index in [9.17, 15) is 9.90 Å². The van der Waals surface area contributed by atoms with Crippen molar-refractivity contribution in [1.29, 1.82) is 0 Å². The predicted octanol–water partition coefficient (Wildman–Crippen LogP) is 2.51. The van der Waals surface area contributed by atoms with Crippen LogP contribution in [-0.2, 0) is 4.74 Å². The van der Waals surface area contributed by atoms with E-state index < -0.39 is 6.10 Å². The number of carbonyl (C=O) groups is 1. The Morgan fingerprint density at radius 3 is 2.90 bits per heavy atom. The van der Waals surface area contributed by atoms with Crippen molar-refractivity contribution in [2.75, 3.05) is 19.7 Å². The molecule has 1 heterocycles. The summed E-state index contributed by atoms with van der Waals surface area (Å²) in [5, 5.41) is 16.2. The third-order valence-corrected chi connectivity index (χ3v) is 3.85. The van der Waals surface area contributed by atoms with Gasteiger partial charge in [-0.05, 0) is 25.0 Å². The fourth-order valence-corrected chi connectivity index (χ4v) is 2.68. The van der Waals surface area contributed by atoms with Crippen LogP contribution in [-0.4, -0.2) is 36.9 Å². The van der Waals surface area contributed by atoms with Crippen molar-refractivity contribution in [3.63, 3.8) is 0 Å². The molecule has 21 heavy (non-hydrogen) atoms. The molecule has 0 bridgehead atoms. The highest BCUT2D eigenvalue weighted by atomic mass is 35.5. The molecule has 3 N–H and O–H groups in total. The van der Waals surface area contributed by atoms with Crippen LogP contribution in [0.3, 0.4) is 0 Å². The summed E-state index contributed by atoms with van der Waals surface area (Å²) in [6.07, 6.45) is 1.19. The lowest BCUT2D eigenvalue weighted by Crippen LogP contribution is -2.41. The molecule has 1 aromatic rings. The smallest absolute Gasteiger partial charge is 0.314 e. The first kappa shape index (κ1) is 16.4. The molecule has 2 atom stereocenters. The predicted molar refractivity (Wildman–Crippen MR) is 81.8 cm³/mol. The second kappa shape index (κ2) is 7.84. The summed E-state index contributed by atoms with van der Waals surface area (Å²) in [6.45, 7) is 1.30. The quantitative estimate of drug-likeness (QED) is 0.775. The molecule has 0 spiro atoms. The first-order valence-corrected chi connectivity index (χ1v) is 7.58. The van der Waals surface area contributed by atoms with Gasteiger partial charge in [-0.15, -0.1) is 0 Å². The molecule has 5 nitrogen and oxygen atoms in total. The average molecular weight is 333 g/mol. The van der Waals surface area contributed by atoms with E-state index in [1.54, 1.807) is 18.2 Å². The topological polar surface area (TPSA) is 70.6 Å². The van der Waals surface area contributed by atoms with Crippen LogP contribution in [0.15, 0.2) is 18.2 Å². The Balaban J connectivity index is 1.74. The number of benzene rings is 1. The van der Waals surface area contributed by atoms with Crippen LogP contribution in [0.5, 0.6) is 0 Å². The fraction of sp³-hybridized carbons (Fsp3) is 0.500. The van der Waals surface area contributed by atoms with Gasteiger partial charge in [0.2, 0.25) is 0 Å². The number of aliphatic hydroxyl groups is 1. The SMILES string of the molecule is O=C(NCC1CCCO1)NCC(O)c1ccc(Cl)cc1Cl. The normalized spacial score (nSPS) is 19.3. The van der Waals surface area contributed by atoms with E-state index in [4.69, 9.17) is 27.9 Å². The standard InChI is InChI=1S/C14H18Cl2N2O3/c15-9-3-4-11(12(16)6-9)13(19)8-18-14(20)17-7-10-2-1-5-21-10/h3-4,6,10,13,19H,1-2,5,7-8H2,(H2,17,18,20). The zero-order valence-corrected chi connectivity index (χ0v) is 13.0. The van der Waals surface area contributed by atoms with Gasteiger partial charge >= 0.3 is 6.03 Å². The van der Waals surface area contributed by atoms with Crippen molar-refractivity contribution in [3.05, 3.63) is 33.8 Å². The van der Waals surface area contributed by atoms with E-state index >= 15 is 0 Å². The zero-order chi connectivity index (χ0) is 15.2. The monoisotopic (exact) mass is 332 g/mol. The highest BCUT2D eigenvalue weighted by molar-refractivity contribution is 6.35. The number of rotatable bonds is 5. The van der Waals surface area contributed by atoms with Crippen molar-refractivity contribution in [2.45, 2.75) is 25.0 Å². The maximum atomic E-state index is 11.6. The molecular weight excluding hydrogens is 315 g/mol. The van der Waals surface area contributed by atoms with Gasteiger partial charge in [0.05, 0.1) is 12.2 Å². The summed E-state index contributed by atoms with van der Waals surface area (Å²) < 4.78 is 5.40. The average Bonchev–Trinajstić information content (AvgIpc) is 2.95. The fourth-order valence-electron chi connectivity index (χ4n) is 2.15. The molecule has 116 valence electrons. The number of carbonyl (C=O) groups excluding carboxylic acids is 1. The van der Waals surface area contributed by atoms with Gasteiger partial charge in [-0.25, -0.2) is 4.79 Å². The third kappa shape index (κ3) is 5.04. The Kier molecular flexibility index (Phi) is 6.11. The van der Waals surface area contributed by atoms with Crippen LogP contribution in [0.25, 0.3) is 0 Å². The number of hydrogen-bond acceptors (Lipinski definition) is 3. The second-order valence-corrected chi connectivity index (χ2v) is 5.75. The van der Waals surface area contributed by atoms with E-state index in [2.05, 4.69) is 10.6 Å². The van der Waals surface area contributed by atoms with Gasteiger partial charge in [0, 0.05) is 35.3 Å². The molecule has 0 aliphatic carbocycles. The number of aliphatic hydroxyl groups excluding tert-OH is 1. The molecule has 1 aliphatic heterocycles. The van der Waals surface area contributed by atoms with E-state index in [1.807, 2.05) is 0 Å². The zero-order valence-electron chi connectivity index (χ0n) is 11.4. The van der Waals surface area contributed by atoms with Crippen molar-refractivity contribution in [1.82, 2.24) is 10.6 Å². The van der Waals surface area contributed by atoms with Crippen LogP contribution in [0.1, 0.15) is 24.5 Å². The lowest BCUT2D eigenvalue weighted by atomic mass is 10.1. The van der Waals surface area contributed by atoms with Crippen LogP contribution in [0, 0.1) is 0 Å². The highest BCUT2D eigenvalue weighted by Gasteiger charge is 2.17. The molecule has 1 aliphatic rings. The van der Waals surface area contributed by atoms with Crippen LogP contribution >= 0.6 is 23.2 Å². The Hall–Kier alpha value is -1.01. The van der Waals surface area contributed by atoms with E-state index in [1.165, 1.54) is 0 Å². The minimum atomic E-state index is -0.886. The first-order chi connectivity index (χ1) is 10.1. The summed E-state index contributed by atoms with van der Waals surface area (Å²) in [7, 11) is 0. The molecule has 0 radical (unpaired) electrons. The Labute approximate surface area is 133 Å². The lowest BCUT2D eigenvalue weighted by molar-refractivity contribution is 0.111. The van der Waals surface area contributed by atoms with Gasteiger partial charge in [0.15, 0.2) is 0 Å². The number of amides is 2.